The zero-order valence-electron chi connectivity index (χ0n) is 18.2. The smallest absolute Gasteiger partial charge is 0.216 e. The number of pyridine rings is 1. The highest BCUT2D eigenvalue weighted by Crippen LogP contribution is 2.42. The molecule has 0 radical (unpaired) electrons. The van der Waals surface area contributed by atoms with Crippen molar-refractivity contribution in [3.63, 3.8) is 0 Å². The van der Waals surface area contributed by atoms with Gasteiger partial charge in [0, 0.05) is 34.9 Å². The predicted molar refractivity (Wildman–Crippen MR) is 125 cm³/mol. The molecule has 0 fully saturated rings. The van der Waals surface area contributed by atoms with Gasteiger partial charge in [-0.15, -0.1) is 0 Å². The summed E-state index contributed by atoms with van der Waals surface area (Å²) in [6, 6.07) is 25.0. The number of aromatic nitrogens is 1. The summed E-state index contributed by atoms with van der Waals surface area (Å²) in [7, 11) is 2.09. The fourth-order valence-electron chi connectivity index (χ4n) is 4.43. The number of benzene rings is 3. The van der Waals surface area contributed by atoms with Crippen molar-refractivity contribution in [3.05, 3.63) is 89.1 Å². The molecule has 2 aromatic heterocycles. The van der Waals surface area contributed by atoms with E-state index in [1.807, 2.05) is 30.3 Å². The molecular formula is C28H23N2O+. The van der Waals surface area contributed by atoms with E-state index in [1.54, 1.807) is 0 Å². The molecule has 0 atom stereocenters. The Morgan fingerprint density at radius 3 is 2.29 bits per heavy atom. The summed E-state index contributed by atoms with van der Waals surface area (Å²) >= 11 is 0. The van der Waals surface area contributed by atoms with Gasteiger partial charge in [-0.1, -0.05) is 42.5 Å². The first-order valence-electron chi connectivity index (χ1n) is 10.4. The molecule has 3 aromatic carbocycles. The van der Waals surface area contributed by atoms with Gasteiger partial charge in [-0.2, -0.15) is 9.83 Å². The lowest BCUT2D eigenvalue weighted by atomic mass is 9.96. The summed E-state index contributed by atoms with van der Waals surface area (Å²) in [5, 5.41) is 11.7. The van der Waals surface area contributed by atoms with Gasteiger partial charge in [0.05, 0.1) is 17.2 Å². The molecule has 0 bridgehead atoms. The minimum Gasteiger partial charge on any atom is -0.454 e. The lowest BCUT2D eigenvalue weighted by Gasteiger charge is -2.08. The SMILES string of the molecule is Cc1ccc2c(oc3c(-c4ccccc4)ccc(C#N)c32)c1-c1ccc(C)c(C)[n+]1C. The van der Waals surface area contributed by atoms with Gasteiger partial charge in [0.1, 0.15) is 18.2 Å². The second-order valence-electron chi connectivity index (χ2n) is 8.12. The Labute approximate surface area is 181 Å². The maximum absolute atomic E-state index is 9.83. The number of furan rings is 1. The van der Waals surface area contributed by atoms with Gasteiger partial charge in [0.2, 0.25) is 5.69 Å². The van der Waals surface area contributed by atoms with Crippen molar-refractivity contribution in [1.82, 2.24) is 0 Å². The lowest BCUT2D eigenvalue weighted by molar-refractivity contribution is -0.667. The molecule has 150 valence electrons. The molecular weight excluding hydrogens is 380 g/mol. The van der Waals surface area contributed by atoms with Crippen LogP contribution in [0.15, 0.2) is 71.1 Å². The molecule has 2 heterocycles. The third-order valence-electron chi connectivity index (χ3n) is 6.38. The van der Waals surface area contributed by atoms with Crippen molar-refractivity contribution >= 4 is 21.9 Å². The maximum Gasteiger partial charge on any atom is 0.216 e. The van der Waals surface area contributed by atoms with Gasteiger partial charge in [0.25, 0.3) is 0 Å². The van der Waals surface area contributed by atoms with Gasteiger partial charge >= 0.3 is 0 Å². The molecule has 0 saturated carbocycles. The van der Waals surface area contributed by atoms with E-state index in [4.69, 9.17) is 4.42 Å². The zero-order valence-corrected chi connectivity index (χ0v) is 18.2. The molecule has 0 N–H and O–H groups in total. The minimum absolute atomic E-state index is 0.632. The van der Waals surface area contributed by atoms with E-state index in [0.717, 1.165) is 49.9 Å². The quantitative estimate of drug-likeness (QED) is 0.314. The van der Waals surface area contributed by atoms with Gasteiger partial charge < -0.3 is 4.42 Å². The number of hydrogen-bond donors (Lipinski definition) is 0. The van der Waals surface area contributed by atoms with Crippen LogP contribution in [0.25, 0.3) is 44.3 Å². The summed E-state index contributed by atoms with van der Waals surface area (Å²) in [6.07, 6.45) is 0. The van der Waals surface area contributed by atoms with Crippen molar-refractivity contribution in [2.45, 2.75) is 20.8 Å². The van der Waals surface area contributed by atoms with Gasteiger partial charge in [-0.3, -0.25) is 0 Å². The Bertz CT molecular complexity index is 1520. The van der Waals surface area contributed by atoms with Crippen molar-refractivity contribution in [2.24, 2.45) is 7.05 Å². The van der Waals surface area contributed by atoms with Crippen molar-refractivity contribution < 1.29 is 8.98 Å². The topological polar surface area (TPSA) is 40.8 Å². The average Bonchev–Trinajstić information content (AvgIpc) is 3.18. The summed E-state index contributed by atoms with van der Waals surface area (Å²) < 4.78 is 8.82. The third-order valence-corrected chi connectivity index (χ3v) is 6.38. The number of aryl methyl sites for hydroxylation is 2. The Kier molecular flexibility index (Phi) is 4.38. The second-order valence-corrected chi connectivity index (χ2v) is 8.12. The Hall–Kier alpha value is -3.90. The molecule has 3 nitrogen and oxygen atoms in total. The molecule has 0 amide bonds. The molecule has 0 aliphatic heterocycles. The van der Waals surface area contributed by atoms with E-state index < -0.39 is 0 Å². The molecule has 5 rings (SSSR count). The van der Waals surface area contributed by atoms with Crippen LogP contribution in [-0.2, 0) is 7.05 Å². The highest BCUT2D eigenvalue weighted by molar-refractivity contribution is 6.15. The van der Waals surface area contributed by atoms with Gasteiger partial charge in [-0.05, 0) is 43.2 Å². The van der Waals surface area contributed by atoms with Crippen LogP contribution >= 0.6 is 0 Å². The van der Waals surface area contributed by atoms with Crippen molar-refractivity contribution in [1.29, 1.82) is 5.26 Å². The van der Waals surface area contributed by atoms with Crippen LogP contribution < -0.4 is 4.57 Å². The van der Waals surface area contributed by atoms with Crippen LogP contribution in [0.1, 0.15) is 22.4 Å². The highest BCUT2D eigenvalue weighted by atomic mass is 16.3. The highest BCUT2D eigenvalue weighted by Gasteiger charge is 2.24. The van der Waals surface area contributed by atoms with E-state index in [1.165, 1.54) is 11.3 Å². The molecule has 0 aliphatic rings. The Morgan fingerprint density at radius 2 is 1.55 bits per heavy atom. The van der Waals surface area contributed by atoms with Crippen molar-refractivity contribution in [3.8, 4) is 28.5 Å². The minimum atomic E-state index is 0.632. The third kappa shape index (κ3) is 2.84. The van der Waals surface area contributed by atoms with Crippen molar-refractivity contribution in [2.75, 3.05) is 0 Å². The summed E-state index contributed by atoms with van der Waals surface area (Å²) in [5.41, 5.74) is 10.1. The van der Waals surface area contributed by atoms with Gasteiger partial charge in [-0.25, -0.2) is 0 Å². The van der Waals surface area contributed by atoms with Crippen LogP contribution in [0.5, 0.6) is 0 Å². The maximum atomic E-state index is 9.83. The number of nitriles is 1. The summed E-state index contributed by atoms with van der Waals surface area (Å²) in [5.74, 6) is 0. The molecule has 0 unspecified atom stereocenters. The molecule has 3 heteroatoms. The van der Waals surface area contributed by atoms with Crippen LogP contribution in [0.4, 0.5) is 0 Å². The van der Waals surface area contributed by atoms with Gasteiger partial charge in [0.15, 0.2) is 5.69 Å². The summed E-state index contributed by atoms with van der Waals surface area (Å²) in [4.78, 5) is 0. The van der Waals surface area contributed by atoms with E-state index >= 15 is 0 Å². The first kappa shape index (κ1) is 19.1. The second kappa shape index (κ2) is 7.11. The number of nitrogens with zero attached hydrogens (tertiary/aromatic N) is 2. The Balaban J connectivity index is 1.94. The predicted octanol–water partition coefficient (Wildman–Crippen LogP) is 6.54. The standard InChI is InChI=1S/C28H23N2O/c1-17-11-15-24(30(4)19(17)3)25-18(2)10-13-23-26-21(16-29)12-14-22(27(26)31-28(23)25)20-8-6-5-7-9-20/h5-15H,1-4H3/q+1. The normalized spacial score (nSPS) is 11.2. The Morgan fingerprint density at radius 1 is 0.806 bits per heavy atom. The van der Waals surface area contributed by atoms with Crippen LogP contribution in [-0.4, -0.2) is 0 Å². The van der Waals surface area contributed by atoms with Crippen LogP contribution in [0.3, 0.4) is 0 Å². The van der Waals surface area contributed by atoms with Crippen LogP contribution in [0.2, 0.25) is 0 Å². The largest absolute Gasteiger partial charge is 0.454 e. The number of fused-ring (bicyclic) bond motifs is 3. The lowest BCUT2D eigenvalue weighted by Crippen LogP contribution is -2.35. The molecule has 5 aromatic rings. The van der Waals surface area contributed by atoms with E-state index in [2.05, 4.69) is 74.9 Å². The van der Waals surface area contributed by atoms with E-state index in [-0.39, 0.29) is 0 Å². The monoisotopic (exact) mass is 403 g/mol. The zero-order chi connectivity index (χ0) is 21.7. The molecule has 31 heavy (non-hydrogen) atoms. The average molecular weight is 404 g/mol. The fraction of sp³-hybridized carbons (Fsp3) is 0.143. The number of rotatable bonds is 2. The van der Waals surface area contributed by atoms with E-state index in [9.17, 15) is 5.26 Å². The molecule has 0 aliphatic carbocycles. The number of hydrogen-bond acceptors (Lipinski definition) is 2. The first-order chi connectivity index (χ1) is 15.0. The fourth-order valence-corrected chi connectivity index (χ4v) is 4.43. The first-order valence-corrected chi connectivity index (χ1v) is 10.4. The summed E-state index contributed by atoms with van der Waals surface area (Å²) in [6.45, 7) is 6.37. The molecule has 0 spiro atoms. The van der Waals surface area contributed by atoms with Crippen LogP contribution in [0, 0.1) is 32.1 Å². The van der Waals surface area contributed by atoms with E-state index in [0.29, 0.717) is 5.56 Å². The molecule has 0 saturated heterocycles.